The minimum absolute atomic E-state index is 0.0182. The lowest BCUT2D eigenvalue weighted by Crippen LogP contribution is -2.31. The van der Waals surface area contributed by atoms with Crippen LogP contribution >= 0.6 is 15.9 Å². The van der Waals surface area contributed by atoms with Gasteiger partial charge in [0.2, 0.25) is 11.8 Å². The molecule has 1 saturated heterocycles. The highest BCUT2D eigenvalue weighted by Gasteiger charge is 2.50. The van der Waals surface area contributed by atoms with Gasteiger partial charge in [-0.1, -0.05) is 35.0 Å². The number of Topliss-reactive ketones (excluding diaryl/α,β-unsaturated/α-hetero) is 1. The largest absolute Gasteiger partial charge is 0.454 e. The molecule has 1 aliphatic heterocycles. The van der Waals surface area contributed by atoms with E-state index < -0.39 is 24.3 Å². The Bertz CT molecular complexity index is 1510. The fourth-order valence-electron chi connectivity index (χ4n) is 4.91. The number of esters is 2. The maximum absolute atomic E-state index is 13.0. The van der Waals surface area contributed by atoms with Crippen LogP contribution in [-0.4, -0.2) is 36.1 Å². The molecule has 3 aromatic rings. The maximum Gasteiger partial charge on any atom is 0.343 e. The number of halogens is 1. The molecular formula is C31H24BrNO7. The van der Waals surface area contributed by atoms with Crippen LogP contribution in [0.5, 0.6) is 5.75 Å². The van der Waals surface area contributed by atoms with Gasteiger partial charge in [-0.3, -0.25) is 19.3 Å². The summed E-state index contributed by atoms with van der Waals surface area (Å²) < 4.78 is 11.3. The number of allylic oxidation sites excluding steroid dienone is 2. The van der Waals surface area contributed by atoms with Gasteiger partial charge in [0.15, 0.2) is 12.4 Å². The summed E-state index contributed by atoms with van der Waals surface area (Å²) in [6.07, 6.45) is 4.44. The monoisotopic (exact) mass is 601 g/mol. The van der Waals surface area contributed by atoms with Gasteiger partial charge in [0.05, 0.1) is 28.7 Å². The van der Waals surface area contributed by atoms with E-state index in [1.165, 1.54) is 53.4 Å². The van der Waals surface area contributed by atoms with E-state index in [1.807, 2.05) is 19.1 Å². The van der Waals surface area contributed by atoms with E-state index in [1.54, 1.807) is 24.3 Å². The topological polar surface area (TPSA) is 107 Å². The lowest BCUT2D eigenvalue weighted by molar-refractivity contribution is -0.122. The number of ketones is 1. The molecule has 1 heterocycles. The van der Waals surface area contributed by atoms with Crippen molar-refractivity contribution in [1.82, 2.24) is 0 Å². The molecule has 40 heavy (non-hydrogen) atoms. The number of anilines is 1. The zero-order valence-corrected chi connectivity index (χ0v) is 23.0. The van der Waals surface area contributed by atoms with E-state index in [0.29, 0.717) is 17.7 Å². The first-order chi connectivity index (χ1) is 19.2. The van der Waals surface area contributed by atoms with Crippen LogP contribution in [-0.2, 0) is 14.3 Å². The number of benzene rings is 3. The number of carbonyl (C=O) groups is 5. The predicted molar refractivity (Wildman–Crippen MR) is 149 cm³/mol. The molecule has 3 aromatic carbocycles. The Labute approximate surface area is 238 Å². The molecule has 0 radical (unpaired) electrons. The van der Waals surface area contributed by atoms with Gasteiger partial charge in [-0.15, -0.1) is 0 Å². The molecule has 1 fully saturated rings. The fraction of sp³-hybridized carbons (Fsp3) is 0.194. The van der Waals surface area contributed by atoms with Crippen LogP contribution in [0, 0.1) is 17.8 Å². The summed E-state index contributed by atoms with van der Waals surface area (Å²) in [5.74, 6) is -2.65. The Balaban J connectivity index is 1.15. The molecule has 202 valence electrons. The first kappa shape index (κ1) is 27.2. The third-order valence-electron chi connectivity index (χ3n) is 7.04. The smallest absolute Gasteiger partial charge is 0.343 e. The lowest BCUT2D eigenvalue weighted by Gasteiger charge is -2.22. The summed E-state index contributed by atoms with van der Waals surface area (Å²) in [7, 11) is 0. The number of nitrogens with zero attached hydrogens (tertiary/aromatic N) is 1. The van der Waals surface area contributed by atoms with Crippen LogP contribution in [0.25, 0.3) is 0 Å². The summed E-state index contributed by atoms with van der Waals surface area (Å²) in [5.41, 5.74) is 1.23. The molecule has 0 spiro atoms. The van der Waals surface area contributed by atoms with Crippen molar-refractivity contribution in [1.29, 1.82) is 0 Å². The summed E-state index contributed by atoms with van der Waals surface area (Å²) in [6.45, 7) is 1.44. The molecule has 5 rings (SSSR count). The highest BCUT2D eigenvalue weighted by Crippen LogP contribution is 2.40. The van der Waals surface area contributed by atoms with Gasteiger partial charge in [-0.05, 0) is 85.1 Å². The van der Waals surface area contributed by atoms with Gasteiger partial charge < -0.3 is 9.47 Å². The quantitative estimate of drug-likeness (QED) is 0.117. The van der Waals surface area contributed by atoms with Crippen molar-refractivity contribution in [2.24, 2.45) is 17.8 Å². The molecule has 9 heteroatoms. The van der Waals surface area contributed by atoms with Crippen molar-refractivity contribution in [3.8, 4) is 5.75 Å². The van der Waals surface area contributed by atoms with Crippen molar-refractivity contribution >= 4 is 51.2 Å². The van der Waals surface area contributed by atoms with Crippen LogP contribution in [0.15, 0.2) is 89.4 Å². The summed E-state index contributed by atoms with van der Waals surface area (Å²) in [5, 5.41) is 0. The van der Waals surface area contributed by atoms with Gasteiger partial charge >= 0.3 is 11.9 Å². The zero-order chi connectivity index (χ0) is 28.4. The second-order valence-corrected chi connectivity index (χ2v) is 10.5. The van der Waals surface area contributed by atoms with Gasteiger partial charge in [-0.2, -0.15) is 0 Å². The number of amides is 2. The van der Waals surface area contributed by atoms with Gasteiger partial charge in [0, 0.05) is 10.0 Å². The molecule has 1 aliphatic carbocycles. The molecule has 0 N–H and O–H groups in total. The number of fused-ring (bicyclic) bond motifs is 1. The molecule has 3 unspecified atom stereocenters. The Hall–Kier alpha value is -4.37. The van der Waals surface area contributed by atoms with Crippen LogP contribution in [0.1, 0.15) is 44.4 Å². The first-order valence-electron chi connectivity index (χ1n) is 12.7. The third kappa shape index (κ3) is 5.51. The summed E-state index contributed by atoms with van der Waals surface area (Å²) in [4.78, 5) is 64.4. The average molecular weight is 602 g/mol. The van der Waals surface area contributed by atoms with Crippen molar-refractivity contribution in [2.45, 2.75) is 13.3 Å². The number of hydrogen-bond donors (Lipinski definition) is 0. The molecule has 0 aromatic heterocycles. The van der Waals surface area contributed by atoms with Crippen molar-refractivity contribution in [3.05, 3.63) is 106 Å². The minimum Gasteiger partial charge on any atom is -0.454 e. The molecule has 8 nitrogen and oxygen atoms in total. The fourth-order valence-corrected chi connectivity index (χ4v) is 5.17. The number of rotatable bonds is 7. The van der Waals surface area contributed by atoms with Gasteiger partial charge in [0.1, 0.15) is 5.75 Å². The predicted octanol–water partition coefficient (Wildman–Crippen LogP) is 5.41. The molecule has 2 amide bonds. The number of imide groups is 1. The Kier molecular flexibility index (Phi) is 7.75. The van der Waals surface area contributed by atoms with Crippen LogP contribution in [0.2, 0.25) is 0 Å². The van der Waals surface area contributed by atoms with E-state index in [0.717, 1.165) is 4.47 Å². The SMILES string of the molecule is CC1C=CCC2C(=O)N(c3ccc(C(=O)OCC(=O)c4ccc(OC(=O)c5ccc(Br)cc5)cc4)cc3)C(=O)C12. The first-order valence-corrected chi connectivity index (χ1v) is 13.4. The Morgan fingerprint density at radius 1 is 0.825 bits per heavy atom. The minimum atomic E-state index is -0.717. The second kappa shape index (κ2) is 11.4. The zero-order valence-electron chi connectivity index (χ0n) is 21.4. The third-order valence-corrected chi connectivity index (χ3v) is 7.56. The molecule has 0 bridgehead atoms. The number of ether oxygens (including phenoxy) is 2. The molecular weight excluding hydrogens is 578 g/mol. The Morgan fingerprint density at radius 3 is 2.08 bits per heavy atom. The van der Waals surface area contributed by atoms with E-state index >= 15 is 0 Å². The van der Waals surface area contributed by atoms with Crippen LogP contribution in [0.3, 0.4) is 0 Å². The summed E-state index contributed by atoms with van der Waals surface area (Å²) in [6, 6.07) is 18.6. The van der Waals surface area contributed by atoms with Crippen LogP contribution < -0.4 is 9.64 Å². The lowest BCUT2D eigenvalue weighted by atomic mass is 9.78. The Morgan fingerprint density at radius 2 is 1.43 bits per heavy atom. The second-order valence-electron chi connectivity index (χ2n) is 9.63. The normalized spacial score (nSPS) is 19.8. The molecule has 3 atom stereocenters. The van der Waals surface area contributed by atoms with Gasteiger partial charge in [0.25, 0.3) is 0 Å². The van der Waals surface area contributed by atoms with Crippen molar-refractivity contribution < 1.29 is 33.4 Å². The van der Waals surface area contributed by atoms with Crippen molar-refractivity contribution in [3.63, 3.8) is 0 Å². The number of carbonyl (C=O) groups excluding carboxylic acids is 5. The van der Waals surface area contributed by atoms with E-state index in [9.17, 15) is 24.0 Å². The van der Waals surface area contributed by atoms with Gasteiger partial charge in [-0.25, -0.2) is 9.59 Å². The van der Waals surface area contributed by atoms with E-state index in [-0.39, 0.29) is 46.4 Å². The van der Waals surface area contributed by atoms with E-state index in [2.05, 4.69) is 15.9 Å². The molecule has 0 saturated carbocycles. The highest BCUT2D eigenvalue weighted by molar-refractivity contribution is 9.10. The average Bonchev–Trinajstić information content (AvgIpc) is 3.22. The van der Waals surface area contributed by atoms with Crippen LogP contribution in [0.4, 0.5) is 5.69 Å². The summed E-state index contributed by atoms with van der Waals surface area (Å²) >= 11 is 3.31. The van der Waals surface area contributed by atoms with Crippen molar-refractivity contribution in [2.75, 3.05) is 11.5 Å². The standard InChI is InChI=1S/C31H24BrNO7/c1-18-3-2-4-25-27(18)29(36)33(28(25)35)23-13-7-20(8-14-23)30(37)39-17-26(34)19-9-15-24(16-10-19)40-31(38)21-5-11-22(32)12-6-21/h2-3,5-16,18,25,27H,4,17H2,1H3. The maximum atomic E-state index is 13.0. The molecule has 2 aliphatic rings. The van der Waals surface area contributed by atoms with E-state index in [4.69, 9.17) is 9.47 Å². The highest BCUT2D eigenvalue weighted by atomic mass is 79.9. The number of hydrogen-bond acceptors (Lipinski definition) is 7.